The first-order chi connectivity index (χ1) is 12.5. The summed E-state index contributed by atoms with van der Waals surface area (Å²) in [6.07, 6.45) is 0. The normalized spacial score (nSPS) is 11.4. The van der Waals surface area contributed by atoms with Gasteiger partial charge in [0.2, 0.25) is 0 Å². The molecule has 4 nitrogen and oxygen atoms in total. The minimum atomic E-state index is -0.0794. The lowest BCUT2D eigenvalue weighted by Gasteiger charge is -2.24. The Labute approximate surface area is 171 Å². The van der Waals surface area contributed by atoms with Crippen LogP contribution in [0.15, 0.2) is 30.3 Å². The SMILES string of the molecule is CCN(CC)CCN(C(=O)c1ccc(Cl)s1)c1nc2c(Cl)cccc2s1. The fraction of sp³-hybridized carbons (Fsp3) is 0.333. The van der Waals surface area contributed by atoms with Gasteiger partial charge < -0.3 is 4.90 Å². The van der Waals surface area contributed by atoms with Crippen molar-refractivity contribution in [1.29, 1.82) is 0 Å². The molecule has 0 unspecified atom stereocenters. The zero-order chi connectivity index (χ0) is 18.7. The molecule has 1 amide bonds. The number of benzene rings is 1. The van der Waals surface area contributed by atoms with Gasteiger partial charge in [-0.15, -0.1) is 11.3 Å². The second-order valence-corrected chi connectivity index (χ2v) is 8.80. The first-order valence-electron chi connectivity index (χ1n) is 8.38. The van der Waals surface area contributed by atoms with E-state index in [9.17, 15) is 4.79 Å². The highest BCUT2D eigenvalue weighted by atomic mass is 35.5. The largest absolute Gasteiger partial charge is 0.302 e. The summed E-state index contributed by atoms with van der Waals surface area (Å²) in [4.78, 5) is 22.4. The van der Waals surface area contributed by atoms with E-state index < -0.39 is 0 Å². The fourth-order valence-corrected chi connectivity index (χ4v) is 4.93. The molecule has 8 heteroatoms. The molecule has 0 atom stereocenters. The van der Waals surface area contributed by atoms with Crippen molar-refractivity contribution in [2.24, 2.45) is 0 Å². The van der Waals surface area contributed by atoms with Crippen LogP contribution in [0.2, 0.25) is 9.36 Å². The lowest BCUT2D eigenvalue weighted by molar-refractivity contribution is 0.0987. The number of carbonyl (C=O) groups is 1. The molecule has 0 radical (unpaired) electrons. The van der Waals surface area contributed by atoms with Crippen LogP contribution in [0, 0.1) is 0 Å². The smallest absolute Gasteiger partial charge is 0.270 e. The van der Waals surface area contributed by atoms with Crippen LogP contribution >= 0.6 is 45.9 Å². The lowest BCUT2D eigenvalue weighted by Crippen LogP contribution is -2.38. The predicted molar refractivity (Wildman–Crippen MR) is 113 cm³/mol. The average molecular weight is 428 g/mol. The summed E-state index contributed by atoms with van der Waals surface area (Å²) in [7, 11) is 0. The van der Waals surface area contributed by atoms with Crippen molar-refractivity contribution in [2.75, 3.05) is 31.1 Å². The average Bonchev–Trinajstić information content (AvgIpc) is 3.25. The van der Waals surface area contributed by atoms with Crippen LogP contribution in [0.3, 0.4) is 0 Å². The van der Waals surface area contributed by atoms with Gasteiger partial charge in [-0.3, -0.25) is 9.69 Å². The number of nitrogens with zero attached hydrogens (tertiary/aromatic N) is 3. The number of likely N-dealkylation sites (N-methyl/N-ethyl adjacent to an activating group) is 1. The molecule has 26 heavy (non-hydrogen) atoms. The number of thiophene rings is 1. The Hall–Kier alpha value is -1.18. The van der Waals surface area contributed by atoms with Crippen molar-refractivity contribution in [3.05, 3.63) is 44.6 Å². The standard InChI is InChI=1S/C18H19Cl2N3OS2/c1-3-22(4-2)10-11-23(17(24)14-8-9-15(20)25-14)18-21-16-12(19)6-5-7-13(16)26-18/h5-9H,3-4,10-11H2,1-2H3. The van der Waals surface area contributed by atoms with E-state index in [4.69, 9.17) is 23.2 Å². The first-order valence-corrected chi connectivity index (χ1v) is 10.8. The molecule has 3 rings (SSSR count). The Kier molecular flexibility index (Phi) is 6.53. The zero-order valence-electron chi connectivity index (χ0n) is 14.5. The van der Waals surface area contributed by atoms with Crippen LogP contribution < -0.4 is 4.90 Å². The summed E-state index contributed by atoms with van der Waals surface area (Å²) >= 11 is 15.1. The van der Waals surface area contributed by atoms with Gasteiger partial charge in [0.1, 0.15) is 5.52 Å². The topological polar surface area (TPSA) is 36.4 Å². The summed E-state index contributed by atoms with van der Waals surface area (Å²) in [6.45, 7) is 7.46. The van der Waals surface area contributed by atoms with Crippen molar-refractivity contribution in [1.82, 2.24) is 9.88 Å². The molecule has 2 aromatic heterocycles. The maximum absolute atomic E-state index is 13.1. The van der Waals surface area contributed by atoms with E-state index in [1.165, 1.54) is 22.7 Å². The number of aromatic nitrogens is 1. The molecule has 0 saturated carbocycles. The van der Waals surface area contributed by atoms with Gasteiger partial charge in [-0.05, 0) is 37.4 Å². The predicted octanol–water partition coefficient (Wildman–Crippen LogP) is 5.65. The Balaban J connectivity index is 1.95. The zero-order valence-corrected chi connectivity index (χ0v) is 17.7. The highest BCUT2D eigenvalue weighted by molar-refractivity contribution is 7.22. The van der Waals surface area contributed by atoms with Gasteiger partial charge in [0.25, 0.3) is 5.91 Å². The number of halogens is 2. The minimum absolute atomic E-state index is 0.0794. The van der Waals surface area contributed by atoms with E-state index >= 15 is 0 Å². The summed E-state index contributed by atoms with van der Waals surface area (Å²) in [5.41, 5.74) is 0.735. The number of hydrogen-bond acceptors (Lipinski definition) is 5. The molecule has 0 saturated heterocycles. The van der Waals surface area contributed by atoms with Gasteiger partial charge in [-0.1, -0.05) is 54.5 Å². The third-order valence-corrected chi connectivity index (χ3v) is 6.72. The Morgan fingerprint density at radius 3 is 2.46 bits per heavy atom. The van der Waals surface area contributed by atoms with E-state index in [0.29, 0.717) is 25.9 Å². The van der Waals surface area contributed by atoms with Crippen LogP contribution in [0.25, 0.3) is 10.2 Å². The second kappa shape index (κ2) is 8.67. The third kappa shape index (κ3) is 4.21. The van der Waals surface area contributed by atoms with Crippen LogP contribution in [0.5, 0.6) is 0 Å². The van der Waals surface area contributed by atoms with Crippen LogP contribution in [0.4, 0.5) is 5.13 Å². The van der Waals surface area contributed by atoms with E-state index in [0.717, 1.165) is 29.9 Å². The first kappa shape index (κ1) is 19.6. The highest BCUT2D eigenvalue weighted by Crippen LogP contribution is 2.34. The Morgan fingerprint density at radius 2 is 1.85 bits per heavy atom. The summed E-state index contributed by atoms with van der Waals surface area (Å²) in [6, 6.07) is 9.19. The number of amides is 1. The molecule has 1 aromatic carbocycles. The van der Waals surface area contributed by atoms with Crippen molar-refractivity contribution in [3.8, 4) is 0 Å². The molecular formula is C18H19Cl2N3OS2. The van der Waals surface area contributed by atoms with Gasteiger partial charge in [0, 0.05) is 13.1 Å². The third-order valence-electron chi connectivity index (χ3n) is 4.15. The van der Waals surface area contributed by atoms with Crippen molar-refractivity contribution in [3.63, 3.8) is 0 Å². The minimum Gasteiger partial charge on any atom is -0.302 e. The van der Waals surface area contributed by atoms with Crippen LogP contribution in [-0.2, 0) is 0 Å². The number of anilines is 1. The highest BCUT2D eigenvalue weighted by Gasteiger charge is 2.23. The molecule has 0 spiro atoms. The number of carbonyl (C=O) groups excluding carboxylic acids is 1. The molecule has 0 N–H and O–H groups in total. The molecular weight excluding hydrogens is 409 g/mol. The lowest BCUT2D eigenvalue weighted by atomic mass is 10.3. The molecule has 2 heterocycles. The quantitative estimate of drug-likeness (QED) is 0.488. The number of rotatable bonds is 7. The van der Waals surface area contributed by atoms with Crippen molar-refractivity contribution >= 4 is 67.1 Å². The van der Waals surface area contributed by atoms with Gasteiger partial charge in [0.15, 0.2) is 5.13 Å². The van der Waals surface area contributed by atoms with E-state index in [2.05, 4.69) is 23.7 Å². The van der Waals surface area contributed by atoms with Gasteiger partial charge in [-0.25, -0.2) is 4.98 Å². The van der Waals surface area contributed by atoms with Gasteiger partial charge in [0.05, 0.1) is 18.9 Å². The molecule has 3 aromatic rings. The van der Waals surface area contributed by atoms with Crippen LogP contribution in [0.1, 0.15) is 23.5 Å². The summed E-state index contributed by atoms with van der Waals surface area (Å²) in [5, 5.41) is 1.26. The molecule has 0 aliphatic carbocycles. The fourth-order valence-electron chi connectivity index (χ4n) is 2.65. The van der Waals surface area contributed by atoms with Crippen molar-refractivity contribution in [2.45, 2.75) is 13.8 Å². The van der Waals surface area contributed by atoms with Gasteiger partial charge in [-0.2, -0.15) is 0 Å². The monoisotopic (exact) mass is 427 g/mol. The summed E-state index contributed by atoms with van der Waals surface area (Å²) < 4.78 is 1.57. The number of thiazole rings is 1. The number of hydrogen-bond donors (Lipinski definition) is 0. The molecule has 138 valence electrons. The van der Waals surface area contributed by atoms with E-state index in [1.54, 1.807) is 17.0 Å². The molecule has 0 fully saturated rings. The molecule has 0 aliphatic heterocycles. The van der Waals surface area contributed by atoms with E-state index in [-0.39, 0.29) is 5.91 Å². The van der Waals surface area contributed by atoms with Gasteiger partial charge >= 0.3 is 0 Å². The van der Waals surface area contributed by atoms with E-state index in [1.807, 2.05) is 18.2 Å². The Morgan fingerprint density at radius 1 is 1.08 bits per heavy atom. The number of para-hydroxylation sites is 1. The number of fused-ring (bicyclic) bond motifs is 1. The maximum Gasteiger partial charge on any atom is 0.270 e. The van der Waals surface area contributed by atoms with Crippen molar-refractivity contribution < 1.29 is 4.79 Å². The molecule has 0 aliphatic rings. The molecule has 0 bridgehead atoms. The summed E-state index contributed by atoms with van der Waals surface area (Å²) in [5.74, 6) is -0.0794. The maximum atomic E-state index is 13.1. The second-order valence-electron chi connectivity index (χ2n) is 5.67. The Bertz CT molecular complexity index is 905. The van der Waals surface area contributed by atoms with Crippen LogP contribution in [-0.4, -0.2) is 42.0 Å².